The molecule has 2 aromatic carbocycles. The van der Waals surface area contributed by atoms with E-state index in [1.807, 2.05) is 30.1 Å². The molecule has 0 radical (unpaired) electrons. The molecule has 6 nitrogen and oxygen atoms in total. The van der Waals surface area contributed by atoms with Crippen molar-refractivity contribution < 1.29 is 14.4 Å². The van der Waals surface area contributed by atoms with Gasteiger partial charge in [-0.05, 0) is 30.2 Å². The topological polar surface area (TPSA) is 64.8 Å². The summed E-state index contributed by atoms with van der Waals surface area (Å²) in [6, 6.07) is 12.5. The van der Waals surface area contributed by atoms with E-state index in [0.29, 0.717) is 23.7 Å². The summed E-state index contributed by atoms with van der Waals surface area (Å²) in [5, 5.41) is 11.1. The molecule has 6 heteroatoms. The van der Waals surface area contributed by atoms with Gasteiger partial charge in [-0.2, -0.15) is 0 Å². The Morgan fingerprint density at radius 1 is 1.09 bits per heavy atom. The predicted molar refractivity (Wildman–Crippen MR) is 89.6 cm³/mol. The summed E-state index contributed by atoms with van der Waals surface area (Å²) >= 11 is 0. The number of ether oxygens (including phenoxy) is 2. The van der Waals surface area contributed by atoms with Gasteiger partial charge in [-0.15, -0.1) is 0 Å². The minimum absolute atomic E-state index is 0.113. The summed E-state index contributed by atoms with van der Waals surface area (Å²) in [4.78, 5) is 12.6. The van der Waals surface area contributed by atoms with Gasteiger partial charge in [0.25, 0.3) is 5.69 Å². The Morgan fingerprint density at radius 2 is 1.78 bits per heavy atom. The molecule has 0 fully saturated rings. The lowest BCUT2D eigenvalue weighted by atomic mass is 10.1. The van der Waals surface area contributed by atoms with Crippen molar-refractivity contribution in [3.8, 4) is 11.5 Å². The van der Waals surface area contributed by atoms with Crippen molar-refractivity contribution in [3.05, 3.63) is 58.1 Å². The van der Waals surface area contributed by atoms with Gasteiger partial charge in [0, 0.05) is 19.7 Å². The molecule has 0 spiro atoms. The molecule has 0 aliphatic carbocycles. The van der Waals surface area contributed by atoms with Gasteiger partial charge in [-0.25, -0.2) is 0 Å². The fourth-order valence-corrected chi connectivity index (χ4v) is 2.39. The van der Waals surface area contributed by atoms with Gasteiger partial charge in [-0.3, -0.25) is 10.1 Å². The number of methoxy groups -OCH3 is 2. The number of para-hydroxylation sites is 2. The number of rotatable bonds is 7. The Hall–Kier alpha value is -2.76. The fraction of sp³-hybridized carbons (Fsp3) is 0.294. The highest BCUT2D eigenvalue weighted by Gasteiger charge is 2.16. The highest BCUT2D eigenvalue weighted by Crippen LogP contribution is 2.29. The van der Waals surface area contributed by atoms with Crippen molar-refractivity contribution in [2.24, 2.45) is 0 Å². The zero-order valence-electron chi connectivity index (χ0n) is 13.5. The maximum atomic E-state index is 11.1. The van der Waals surface area contributed by atoms with Gasteiger partial charge < -0.3 is 14.4 Å². The van der Waals surface area contributed by atoms with Crippen molar-refractivity contribution in [1.29, 1.82) is 0 Å². The molecule has 0 aliphatic heterocycles. The zero-order valence-corrected chi connectivity index (χ0v) is 13.5. The number of nitro groups is 1. The fourth-order valence-electron chi connectivity index (χ4n) is 2.39. The lowest BCUT2D eigenvalue weighted by Gasteiger charge is -2.19. The highest BCUT2D eigenvalue weighted by molar-refractivity contribution is 5.62. The Kier molecular flexibility index (Phi) is 5.41. The number of nitrogens with zero attached hydrogens (tertiary/aromatic N) is 2. The van der Waals surface area contributed by atoms with Gasteiger partial charge in [0.2, 0.25) is 0 Å². The first-order valence-corrected chi connectivity index (χ1v) is 7.22. The van der Waals surface area contributed by atoms with E-state index in [-0.39, 0.29) is 10.6 Å². The van der Waals surface area contributed by atoms with Crippen molar-refractivity contribution in [3.63, 3.8) is 0 Å². The molecule has 0 saturated carbocycles. The molecule has 0 bridgehead atoms. The van der Waals surface area contributed by atoms with E-state index in [2.05, 4.69) is 0 Å². The monoisotopic (exact) mass is 316 g/mol. The molecule has 0 aliphatic rings. The number of anilines is 1. The molecular formula is C17H20N2O4. The third-order valence-electron chi connectivity index (χ3n) is 3.67. The standard InChI is InChI=1S/C17H20N2O4/c1-18(14-6-4-5-7-15(14)19(20)21)11-10-13-8-9-16(22-2)17(12-13)23-3/h4-9,12H,10-11H2,1-3H3. The first-order valence-electron chi connectivity index (χ1n) is 7.22. The summed E-state index contributed by atoms with van der Waals surface area (Å²) in [7, 11) is 5.05. The molecule has 0 unspecified atom stereocenters. The number of likely N-dealkylation sites (N-methyl/N-ethyl adjacent to an activating group) is 1. The molecule has 23 heavy (non-hydrogen) atoms. The summed E-state index contributed by atoms with van der Waals surface area (Å²) in [5.41, 5.74) is 1.80. The van der Waals surface area contributed by atoms with Gasteiger partial charge in [0.15, 0.2) is 11.5 Å². The molecule has 0 amide bonds. The van der Waals surface area contributed by atoms with Crippen molar-refractivity contribution in [2.75, 3.05) is 32.7 Å². The maximum Gasteiger partial charge on any atom is 0.292 e. The first-order chi connectivity index (χ1) is 11.1. The number of hydrogen-bond acceptors (Lipinski definition) is 5. The van der Waals surface area contributed by atoms with E-state index < -0.39 is 0 Å². The number of hydrogen-bond donors (Lipinski definition) is 0. The number of nitro benzene ring substituents is 1. The van der Waals surface area contributed by atoms with Gasteiger partial charge in [0.05, 0.1) is 19.1 Å². The van der Waals surface area contributed by atoms with Crippen LogP contribution in [-0.2, 0) is 6.42 Å². The lowest BCUT2D eigenvalue weighted by Crippen LogP contribution is -2.21. The Morgan fingerprint density at radius 3 is 2.43 bits per heavy atom. The SMILES string of the molecule is COc1ccc(CCN(C)c2ccccc2[N+](=O)[O-])cc1OC. The van der Waals surface area contributed by atoms with Crippen LogP contribution in [0.5, 0.6) is 11.5 Å². The van der Waals surface area contributed by atoms with Crippen molar-refractivity contribution in [1.82, 2.24) is 0 Å². The van der Waals surface area contributed by atoms with Gasteiger partial charge in [-0.1, -0.05) is 18.2 Å². The second-order valence-electron chi connectivity index (χ2n) is 5.11. The van der Waals surface area contributed by atoms with Gasteiger partial charge >= 0.3 is 0 Å². The van der Waals surface area contributed by atoms with Crippen LogP contribution in [0.3, 0.4) is 0 Å². The predicted octanol–water partition coefficient (Wildman–Crippen LogP) is 3.29. The summed E-state index contributed by atoms with van der Waals surface area (Å²) < 4.78 is 10.5. The second-order valence-corrected chi connectivity index (χ2v) is 5.11. The van der Waals surface area contributed by atoms with Crippen LogP contribution in [0.1, 0.15) is 5.56 Å². The van der Waals surface area contributed by atoms with Crippen molar-refractivity contribution in [2.45, 2.75) is 6.42 Å². The summed E-state index contributed by atoms with van der Waals surface area (Å²) in [6.07, 6.45) is 0.739. The van der Waals surface area contributed by atoms with Crippen LogP contribution in [0, 0.1) is 10.1 Å². The van der Waals surface area contributed by atoms with E-state index in [4.69, 9.17) is 9.47 Å². The van der Waals surface area contributed by atoms with Crippen LogP contribution in [0.25, 0.3) is 0 Å². The van der Waals surface area contributed by atoms with Crippen LogP contribution in [0.4, 0.5) is 11.4 Å². The maximum absolute atomic E-state index is 11.1. The average molecular weight is 316 g/mol. The minimum atomic E-state index is -0.359. The van der Waals surface area contributed by atoms with E-state index in [9.17, 15) is 10.1 Å². The molecule has 0 saturated heterocycles. The van der Waals surface area contributed by atoms with Crippen LogP contribution in [0.15, 0.2) is 42.5 Å². The Labute approximate surface area is 135 Å². The summed E-state index contributed by atoms with van der Waals surface area (Å²) in [5.74, 6) is 1.36. The molecule has 0 aromatic heterocycles. The Balaban J connectivity index is 2.10. The molecule has 0 N–H and O–H groups in total. The molecular weight excluding hydrogens is 296 g/mol. The first kappa shape index (κ1) is 16.6. The molecule has 2 aromatic rings. The van der Waals surface area contributed by atoms with Gasteiger partial charge in [0.1, 0.15) is 5.69 Å². The Bertz CT molecular complexity index is 688. The van der Waals surface area contributed by atoms with Crippen molar-refractivity contribution >= 4 is 11.4 Å². The zero-order chi connectivity index (χ0) is 16.8. The van der Waals surface area contributed by atoms with E-state index >= 15 is 0 Å². The quantitative estimate of drug-likeness (QED) is 0.579. The molecule has 0 heterocycles. The summed E-state index contributed by atoms with van der Waals surface area (Å²) in [6.45, 7) is 0.653. The van der Waals surface area contributed by atoms with Crippen LogP contribution >= 0.6 is 0 Å². The van der Waals surface area contributed by atoms with Crippen LogP contribution in [0.2, 0.25) is 0 Å². The second kappa shape index (κ2) is 7.49. The molecule has 2 rings (SSSR count). The molecule has 122 valence electrons. The van der Waals surface area contributed by atoms with E-state index in [1.165, 1.54) is 6.07 Å². The van der Waals surface area contributed by atoms with E-state index in [0.717, 1.165) is 12.0 Å². The smallest absolute Gasteiger partial charge is 0.292 e. The largest absolute Gasteiger partial charge is 0.493 e. The average Bonchev–Trinajstić information content (AvgIpc) is 2.59. The molecule has 0 atom stereocenters. The lowest BCUT2D eigenvalue weighted by molar-refractivity contribution is -0.384. The van der Waals surface area contributed by atoms with E-state index in [1.54, 1.807) is 32.4 Å². The third kappa shape index (κ3) is 3.91. The number of benzene rings is 2. The third-order valence-corrected chi connectivity index (χ3v) is 3.67. The minimum Gasteiger partial charge on any atom is -0.493 e. The highest BCUT2D eigenvalue weighted by atomic mass is 16.6. The van der Waals surface area contributed by atoms with Crippen LogP contribution < -0.4 is 14.4 Å². The normalized spacial score (nSPS) is 10.2. The van der Waals surface area contributed by atoms with Crippen LogP contribution in [-0.4, -0.2) is 32.7 Å².